The summed E-state index contributed by atoms with van der Waals surface area (Å²) in [5, 5.41) is 4.60. The van der Waals surface area contributed by atoms with Crippen molar-refractivity contribution in [2.75, 3.05) is 4.90 Å². The van der Waals surface area contributed by atoms with E-state index < -0.39 is 0 Å². The van der Waals surface area contributed by atoms with Gasteiger partial charge in [-0.1, -0.05) is 115 Å². The Labute approximate surface area is 295 Å². The van der Waals surface area contributed by atoms with Crippen molar-refractivity contribution >= 4 is 60.7 Å². The van der Waals surface area contributed by atoms with Crippen LogP contribution in [0.25, 0.3) is 71.9 Å². The average molecular weight is 654 g/mol. The summed E-state index contributed by atoms with van der Waals surface area (Å²) in [6.45, 7) is 0. The summed E-state index contributed by atoms with van der Waals surface area (Å²) in [5.41, 5.74) is 11.6. The maximum atomic E-state index is 6.23. The molecular weight excluding hydrogens is 623 g/mol. The first-order valence-corrected chi connectivity index (χ1v) is 17.2. The Morgan fingerprint density at radius 1 is 0.471 bits per heavy atom. The lowest BCUT2D eigenvalue weighted by molar-refractivity contribution is 0.620. The van der Waals surface area contributed by atoms with E-state index in [0.717, 1.165) is 66.8 Å². The molecule has 240 valence electrons. The zero-order valence-corrected chi connectivity index (χ0v) is 27.6. The van der Waals surface area contributed by atoms with Crippen molar-refractivity contribution < 1.29 is 4.42 Å². The predicted molar refractivity (Wildman–Crippen MR) is 211 cm³/mol. The van der Waals surface area contributed by atoms with Crippen LogP contribution >= 0.6 is 0 Å². The molecule has 10 rings (SSSR count). The molecule has 4 heteroatoms. The molecule has 0 spiro atoms. The van der Waals surface area contributed by atoms with Crippen molar-refractivity contribution in [1.29, 1.82) is 0 Å². The van der Waals surface area contributed by atoms with Gasteiger partial charge < -0.3 is 13.9 Å². The number of fused-ring (bicyclic) bond motifs is 6. The van der Waals surface area contributed by atoms with Gasteiger partial charge in [-0.3, -0.25) is 0 Å². The van der Waals surface area contributed by atoms with Crippen LogP contribution in [-0.2, 0) is 0 Å². The second-order valence-electron chi connectivity index (χ2n) is 12.8. The molecule has 0 fully saturated rings. The van der Waals surface area contributed by atoms with Gasteiger partial charge in [0.15, 0.2) is 5.58 Å². The fourth-order valence-corrected chi connectivity index (χ4v) is 7.46. The molecule has 0 aliphatic carbocycles. The van der Waals surface area contributed by atoms with Crippen LogP contribution in [0, 0.1) is 0 Å². The Bertz CT molecular complexity index is 2850. The molecule has 8 aromatic carbocycles. The maximum Gasteiger partial charge on any atom is 0.227 e. The summed E-state index contributed by atoms with van der Waals surface area (Å²) in [5.74, 6) is 0.627. The highest BCUT2D eigenvalue weighted by molar-refractivity contribution is 6.11. The van der Waals surface area contributed by atoms with Crippen LogP contribution in [0.15, 0.2) is 192 Å². The van der Waals surface area contributed by atoms with E-state index >= 15 is 0 Å². The molecule has 0 bridgehead atoms. The van der Waals surface area contributed by atoms with E-state index in [2.05, 4.69) is 161 Å². The number of anilines is 3. The molecule has 2 heterocycles. The molecule has 0 aliphatic heterocycles. The number of aromatic nitrogens is 2. The van der Waals surface area contributed by atoms with E-state index in [0.29, 0.717) is 5.89 Å². The lowest BCUT2D eigenvalue weighted by Gasteiger charge is -2.28. The van der Waals surface area contributed by atoms with E-state index in [-0.39, 0.29) is 0 Å². The summed E-state index contributed by atoms with van der Waals surface area (Å²) in [4.78, 5) is 7.35. The Morgan fingerprint density at radius 3 is 1.90 bits per heavy atom. The van der Waals surface area contributed by atoms with Gasteiger partial charge in [-0.2, -0.15) is 0 Å². The molecule has 4 nitrogen and oxygen atoms in total. The molecule has 0 saturated carbocycles. The predicted octanol–water partition coefficient (Wildman–Crippen LogP) is 12.9. The van der Waals surface area contributed by atoms with E-state index in [1.54, 1.807) is 0 Å². The lowest BCUT2D eigenvalue weighted by atomic mass is 10.0. The Hall–Kier alpha value is -6.91. The number of para-hydroxylation sites is 3. The molecule has 0 aliphatic rings. The molecule has 51 heavy (non-hydrogen) atoms. The summed E-state index contributed by atoms with van der Waals surface area (Å²) in [7, 11) is 0. The van der Waals surface area contributed by atoms with Gasteiger partial charge in [-0.15, -0.1) is 0 Å². The zero-order chi connectivity index (χ0) is 33.7. The Kier molecular flexibility index (Phi) is 6.78. The van der Waals surface area contributed by atoms with E-state index in [4.69, 9.17) is 9.40 Å². The molecule has 0 atom stereocenters. The average Bonchev–Trinajstić information content (AvgIpc) is 3.79. The second-order valence-corrected chi connectivity index (χ2v) is 12.8. The topological polar surface area (TPSA) is 34.2 Å². The van der Waals surface area contributed by atoms with Gasteiger partial charge in [0.1, 0.15) is 5.52 Å². The highest BCUT2D eigenvalue weighted by Crippen LogP contribution is 2.44. The fraction of sp³-hybridized carbons (Fsp3) is 0. The molecule has 0 radical (unpaired) electrons. The summed E-state index contributed by atoms with van der Waals surface area (Å²) >= 11 is 0. The smallest absolute Gasteiger partial charge is 0.227 e. The van der Waals surface area contributed by atoms with E-state index in [1.165, 1.54) is 16.3 Å². The number of rotatable bonds is 6. The van der Waals surface area contributed by atoms with Crippen molar-refractivity contribution in [1.82, 2.24) is 9.55 Å². The third-order valence-corrected chi connectivity index (χ3v) is 9.80. The van der Waals surface area contributed by atoms with Gasteiger partial charge in [0, 0.05) is 44.3 Å². The summed E-state index contributed by atoms with van der Waals surface area (Å²) in [6, 6.07) is 66.4. The zero-order valence-electron chi connectivity index (χ0n) is 27.6. The molecule has 0 amide bonds. The standard InChI is InChI=1S/C47H31N3O/c1-4-14-32(15-5-1)38-20-10-12-22-42(38)49(36-25-27-39-34(30-36)24-29-45-46(39)48-47(51-45)33-16-6-2-7-17-33)37-26-28-41-40-21-11-13-23-43(40)50(44(41)31-37)35-18-8-3-9-19-35/h1-31H. The fourth-order valence-electron chi connectivity index (χ4n) is 7.46. The Balaban J connectivity index is 1.21. The maximum absolute atomic E-state index is 6.23. The number of nitrogens with zero attached hydrogens (tertiary/aromatic N) is 3. The van der Waals surface area contributed by atoms with Crippen LogP contribution in [0.5, 0.6) is 0 Å². The minimum atomic E-state index is 0.627. The summed E-state index contributed by atoms with van der Waals surface area (Å²) < 4.78 is 8.61. The van der Waals surface area contributed by atoms with Gasteiger partial charge in [-0.25, -0.2) is 4.98 Å². The van der Waals surface area contributed by atoms with Gasteiger partial charge in [0.25, 0.3) is 0 Å². The normalized spacial score (nSPS) is 11.5. The van der Waals surface area contributed by atoms with Gasteiger partial charge in [0.05, 0.1) is 16.7 Å². The van der Waals surface area contributed by atoms with Crippen LogP contribution in [0.2, 0.25) is 0 Å². The van der Waals surface area contributed by atoms with Crippen molar-refractivity contribution in [2.45, 2.75) is 0 Å². The second kappa shape index (κ2) is 11.9. The first-order chi connectivity index (χ1) is 25.3. The number of benzene rings is 8. The molecule has 0 N–H and O–H groups in total. The first kappa shape index (κ1) is 29.0. The van der Waals surface area contributed by atoms with Crippen LogP contribution < -0.4 is 4.90 Å². The van der Waals surface area contributed by atoms with Crippen LogP contribution in [0.1, 0.15) is 0 Å². The molecule has 2 aromatic heterocycles. The SMILES string of the molecule is c1ccc(-c2nc3c(ccc4cc(N(c5ccc6c7ccccc7n(-c7ccccc7)c6c5)c5ccccc5-c5ccccc5)ccc43)o2)cc1. The van der Waals surface area contributed by atoms with Crippen molar-refractivity contribution in [3.8, 4) is 28.3 Å². The highest BCUT2D eigenvalue weighted by Gasteiger charge is 2.21. The molecule has 0 unspecified atom stereocenters. The monoisotopic (exact) mass is 653 g/mol. The third kappa shape index (κ3) is 4.88. The van der Waals surface area contributed by atoms with Crippen LogP contribution in [0.3, 0.4) is 0 Å². The van der Waals surface area contributed by atoms with Crippen molar-refractivity contribution in [3.63, 3.8) is 0 Å². The van der Waals surface area contributed by atoms with E-state index in [1.807, 2.05) is 36.4 Å². The minimum Gasteiger partial charge on any atom is -0.436 e. The quantitative estimate of drug-likeness (QED) is 0.179. The van der Waals surface area contributed by atoms with Crippen LogP contribution in [-0.4, -0.2) is 9.55 Å². The van der Waals surface area contributed by atoms with E-state index in [9.17, 15) is 0 Å². The van der Waals surface area contributed by atoms with Gasteiger partial charge >= 0.3 is 0 Å². The van der Waals surface area contributed by atoms with Crippen molar-refractivity contribution in [2.24, 2.45) is 0 Å². The minimum absolute atomic E-state index is 0.627. The van der Waals surface area contributed by atoms with Crippen LogP contribution in [0.4, 0.5) is 17.1 Å². The largest absolute Gasteiger partial charge is 0.436 e. The molecule has 10 aromatic rings. The Morgan fingerprint density at radius 2 is 1.10 bits per heavy atom. The molecule has 0 saturated heterocycles. The number of hydrogen-bond acceptors (Lipinski definition) is 3. The van der Waals surface area contributed by atoms with Gasteiger partial charge in [-0.05, 0) is 83.7 Å². The first-order valence-electron chi connectivity index (χ1n) is 17.2. The van der Waals surface area contributed by atoms with Gasteiger partial charge in [0.2, 0.25) is 5.89 Å². The number of oxazole rings is 1. The highest BCUT2D eigenvalue weighted by atomic mass is 16.3. The summed E-state index contributed by atoms with van der Waals surface area (Å²) in [6.07, 6.45) is 0. The lowest BCUT2D eigenvalue weighted by Crippen LogP contribution is -2.11. The number of hydrogen-bond donors (Lipinski definition) is 0. The van der Waals surface area contributed by atoms with Crippen molar-refractivity contribution in [3.05, 3.63) is 188 Å². The molecular formula is C47H31N3O. The third-order valence-electron chi connectivity index (χ3n) is 9.80.